The number of anilines is 1. The molecule has 1 N–H and O–H groups in total. The second-order valence-electron chi connectivity index (χ2n) is 5.19. The standard InChI is InChI=1S/C17H18N2O3/c1-3-21-16-9-12-8-11(2)22-15(12)10-14(16)19-17(20)13-6-4-5-7-18-13/h4-7,9-11H,3,8H2,1-2H3,(H,19,20). The van der Waals surface area contributed by atoms with E-state index < -0.39 is 0 Å². The van der Waals surface area contributed by atoms with Gasteiger partial charge in [0, 0.05) is 24.2 Å². The zero-order valence-electron chi connectivity index (χ0n) is 12.6. The predicted molar refractivity (Wildman–Crippen MR) is 83.6 cm³/mol. The van der Waals surface area contributed by atoms with Crippen molar-refractivity contribution in [2.45, 2.75) is 26.4 Å². The molecule has 0 radical (unpaired) electrons. The maximum atomic E-state index is 12.3. The molecule has 2 heterocycles. The van der Waals surface area contributed by atoms with Gasteiger partial charge in [0.25, 0.3) is 5.91 Å². The molecule has 1 amide bonds. The van der Waals surface area contributed by atoms with Gasteiger partial charge in [-0.05, 0) is 32.0 Å². The van der Waals surface area contributed by atoms with Gasteiger partial charge < -0.3 is 14.8 Å². The van der Waals surface area contributed by atoms with Crippen LogP contribution in [-0.2, 0) is 6.42 Å². The third-order valence-electron chi connectivity index (χ3n) is 3.44. The highest BCUT2D eigenvalue weighted by Gasteiger charge is 2.22. The molecule has 1 aromatic carbocycles. The Morgan fingerprint density at radius 3 is 3.05 bits per heavy atom. The number of aromatic nitrogens is 1. The van der Waals surface area contributed by atoms with Crippen LogP contribution in [0.3, 0.4) is 0 Å². The number of fused-ring (bicyclic) bond motifs is 1. The summed E-state index contributed by atoms with van der Waals surface area (Å²) in [5.74, 6) is 1.18. The lowest BCUT2D eigenvalue weighted by Gasteiger charge is -2.13. The average Bonchev–Trinajstić information content (AvgIpc) is 2.87. The van der Waals surface area contributed by atoms with E-state index in [1.165, 1.54) is 0 Å². The Morgan fingerprint density at radius 1 is 1.45 bits per heavy atom. The van der Waals surface area contributed by atoms with Crippen molar-refractivity contribution < 1.29 is 14.3 Å². The molecule has 0 spiro atoms. The largest absolute Gasteiger partial charge is 0.492 e. The van der Waals surface area contributed by atoms with Crippen LogP contribution in [0.15, 0.2) is 36.5 Å². The number of nitrogens with zero attached hydrogens (tertiary/aromatic N) is 1. The van der Waals surface area contributed by atoms with Gasteiger partial charge in [0.05, 0.1) is 12.3 Å². The first kappa shape index (κ1) is 14.4. The van der Waals surface area contributed by atoms with Gasteiger partial charge in [-0.1, -0.05) is 6.07 Å². The molecule has 2 aromatic rings. The van der Waals surface area contributed by atoms with E-state index in [2.05, 4.69) is 10.3 Å². The van der Waals surface area contributed by atoms with E-state index in [4.69, 9.17) is 9.47 Å². The summed E-state index contributed by atoms with van der Waals surface area (Å²) in [4.78, 5) is 16.3. The molecule has 0 saturated carbocycles. The van der Waals surface area contributed by atoms with Crippen LogP contribution in [0.4, 0.5) is 5.69 Å². The Labute approximate surface area is 129 Å². The highest BCUT2D eigenvalue weighted by Crippen LogP contribution is 2.38. The van der Waals surface area contributed by atoms with E-state index in [0.717, 1.165) is 17.7 Å². The second kappa shape index (κ2) is 6.05. The van der Waals surface area contributed by atoms with Gasteiger partial charge in [-0.2, -0.15) is 0 Å². The predicted octanol–water partition coefficient (Wildman–Crippen LogP) is 3.06. The summed E-state index contributed by atoms with van der Waals surface area (Å²) in [7, 11) is 0. The molecule has 1 aliphatic rings. The molecule has 0 aliphatic carbocycles. The van der Waals surface area contributed by atoms with Gasteiger partial charge in [-0.3, -0.25) is 9.78 Å². The van der Waals surface area contributed by atoms with Crippen LogP contribution in [0.25, 0.3) is 0 Å². The van der Waals surface area contributed by atoms with Gasteiger partial charge in [0.2, 0.25) is 0 Å². The fraction of sp³-hybridized carbons (Fsp3) is 0.294. The number of hydrogen-bond acceptors (Lipinski definition) is 4. The minimum atomic E-state index is -0.271. The Kier molecular flexibility index (Phi) is 3.96. The van der Waals surface area contributed by atoms with Crippen LogP contribution in [0.2, 0.25) is 0 Å². The number of carbonyl (C=O) groups is 1. The van der Waals surface area contributed by atoms with Crippen molar-refractivity contribution in [2.24, 2.45) is 0 Å². The smallest absolute Gasteiger partial charge is 0.274 e. The van der Waals surface area contributed by atoms with Gasteiger partial charge in [-0.15, -0.1) is 0 Å². The second-order valence-corrected chi connectivity index (χ2v) is 5.19. The van der Waals surface area contributed by atoms with Crippen LogP contribution in [-0.4, -0.2) is 23.6 Å². The summed E-state index contributed by atoms with van der Waals surface area (Å²) in [6.45, 7) is 4.46. The molecule has 3 rings (SSSR count). The number of benzene rings is 1. The number of nitrogens with one attached hydrogen (secondary N) is 1. The highest BCUT2D eigenvalue weighted by atomic mass is 16.5. The van der Waals surface area contributed by atoms with E-state index in [0.29, 0.717) is 23.7 Å². The number of hydrogen-bond donors (Lipinski definition) is 1. The first-order valence-electron chi connectivity index (χ1n) is 7.36. The minimum absolute atomic E-state index is 0.145. The number of ether oxygens (including phenoxy) is 2. The zero-order chi connectivity index (χ0) is 15.5. The van der Waals surface area contributed by atoms with Gasteiger partial charge in [-0.25, -0.2) is 0 Å². The highest BCUT2D eigenvalue weighted by molar-refractivity contribution is 6.03. The lowest BCUT2D eigenvalue weighted by molar-refractivity contribution is 0.102. The summed E-state index contributed by atoms with van der Waals surface area (Å²) in [6.07, 6.45) is 2.58. The molecule has 1 atom stereocenters. The summed E-state index contributed by atoms with van der Waals surface area (Å²) in [6, 6.07) is 8.98. The molecule has 1 aromatic heterocycles. The van der Waals surface area contributed by atoms with Gasteiger partial charge in [0.15, 0.2) is 0 Å². The molecular formula is C17H18N2O3. The van der Waals surface area contributed by atoms with Crippen LogP contribution in [0.1, 0.15) is 29.9 Å². The Morgan fingerprint density at radius 2 is 2.32 bits per heavy atom. The van der Waals surface area contributed by atoms with Crippen molar-refractivity contribution in [1.82, 2.24) is 4.98 Å². The summed E-state index contributed by atoms with van der Waals surface area (Å²) >= 11 is 0. The van der Waals surface area contributed by atoms with Crippen molar-refractivity contribution in [3.05, 3.63) is 47.8 Å². The van der Waals surface area contributed by atoms with E-state index in [1.54, 1.807) is 24.4 Å². The molecule has 1 aliphatic heterocycles. The normalized spacial score (nSPS) is 15.8. The Hall–Kier alpha value is -2.56. The van der Waals surface area contributed by atoms with Crippen molar-refractivity contribution in [3.63, 3.8) is 0 Å². The molecule has 5 nitrogen and oxygen atoms in total. The SMILES string of the molecule is CCOc1cc2c(cc1NC(=O)c1ccccn1)OC(C)C2. The van der Waals surface area contributed by atoms with Crippen LogP contribution >= 0.6 is 0 Å². The molecule has 22 heavy (non-hydrogen) atoms. The van der Waals surface area contributed by atoms with Gasteiger partial charge in [0.1, 0.15) is 23.3 Å². The molecule has 1 unspecified atom stereocenters. The molecule has 0 bridgehead atoms. The van der Waals surface area contributed by atoms with Crippen LogP contribution in [0.5, 0.6) is 11.5 Å². The maximum absolute atomic E-state index is 12.3. The quantitative estimate of drug-likeness (QED) is 0.942. The molecule has 0 fully saturated rings. The zero-order valence-corrected chi connectivity index (χ0v) is 12.6. The summed E-state index contributed by atoms with van der Waals surface area (Å²) in [5.41, 5.74) is 2.07. The van der Waals surface area contributed by atoms with E-state index in [1.807, 2.05) is 26.0 Å². The molecule has 114 valence electrons. The van der Waals surface area contributed by atoms with Crippen LogP contribution in [0, 0.1) is 0 Å². The molecular weight excluding hydrogens is 280 g/mol. The lowest BCUT2D eigenvalue weighted by atomic mass is 10.1. The van der Waals surface area contributed by atoms with Gasteiger partial charge >= 0.3 is 0 Å². The number of carbonyl (C=O) groups excluding carboxylic acids is 1. The molecule has 5 heteroatoms. The van der Waals surface area contributed by atoms with Crippen LogP contribution < -0.4 is 14.8 Å². The summed E-state index contributed by atoms with van der Waals surface area (Å²) in [5, 5.41) is 2.85. The third kappa shape index (κ3) is 2.88. The lowest BCUT2D eigenvalue weighted by Crippen LogP contribution is -2.14. The van der Waals surface area contributed by atoms with Crippen molar-refractivity contribution in [1.29, 1.82) is 0 Å². The number of pyridine rings is 1. The van der Waals surface area contributed by atoms with E-state index >= 15 is 0 Å². The number of rotatable bonds is 4. The van der Waals surface area contributed by atoms with Crippen molar-refractivity contribution >= 4 is 11.6 Å². The topological polar surface area (TPSA) is 60.5 Å². The van der Waals surface area contributed by atoms with Crippen molar-refractivity contribution in [2.75, 3.05) is 11.9 Å². The first-order chi connectivity index (χ1) is 10.7. The average molecular weight is 298 g/mol. The first-order valence-corrected chi connectivity index (χ1v) is 7.36. The fourth-order valence-corrected chi connectivity index (χ4v) is 2.50. The molecule has 0 saturated heterocycles. The minimum Gasteiger partial charge on any atom is -0.492 e. The Balaban J connectivity index is 1.89. The fourth-order valence-electron chi connectivity index (χ4n) is 2.50. The maximum Gasteiger partial charge on any atom is 0.274 e. The van der Waals surface area contributed by atoms with Crippen molar-refractivity contribution in [3.8, 4) is 11.5 Å². The van der Waals surface area contributed by atoms with E-state index in [9.17, 15) is 4.79 Å². The summed E-state index contributed by atoms with van der Waals surface area (Å²) < 4.78 is 11.4. The Bertz CT molecular complexity index is 686. The van der Waals surface area contributed by atoms with E-state index in [-0.39, 0.29) is 12.0 Å². The monoisotopic (exact) mass is 298 g/mol. The third-order valence-corrected chi connectivity index (χ3v) is 3.44. The number of amides is 1.